The molecule has 0 bridgehead atoms. The highest BCUT2D eigenvalue weighted by molar-refractivity contribution is 6.16. The van der Waals surface area contributed by atoms with Crippen LogP contribution in [0.25, 0.3) is 83.0 Å². The second-order valence-corrected chi connectivity index (χ2v) is 15.5. The van der Waals surface area contributed by atoms with E-state index in [2.05, 4.69) is 156 Å². The molecule has 0 spiro atoms. The molecule has 0 saturated heterocycles. The molecule has 0 unspecified atom stereocenters. The number of fused-ring (bicyclic) bond motifs is 7. The zero-order valence-corrected chi connectivity index (χ0v) is 30.2. The van der Waals surface area contributed by atoms with Crippen molar-refractivity contribution in [2.24, 2.45) is 0 Å². The second kappa shape index (κ2) is 11.4. The van der Waals surface area contributed by atoms with E-state index in [1.807, 2.05) is 6.07 Å². The second-order valence-electron chi connectivity index (χ2n) is 15.5. The number of oxazole rings is 1. The first-order valence-corrected chi connectivity index (χ1v) is 18.0. The van der Waals surface area contributed by atoms with Gasteiger partial charge in [-0.25, -0.2) is 9.97 Å². The van der Waals surface area contributed by atoms with Crippen LogP contribution in [0.1, 0.15) is 77.3 Å². The molecule has 5 nitrogen and oxygen atoms in total. The van der Waals surface area contributed by atoms with Crippen LogP contribution in [-0.4, -0.2) is 14.5 Å². The molecule has 0 N–H and O–H groups in total. The Morgan fingerprint density at radius 1 is 0.608 bits per heavy atom. The first kappa shape index (κ1) is 31.3. The van der Waals surface area contributed by atoms with Gasteiger partial charge >= 0.3 is 0 Å². The van der Waals surface area contributed by atoms with E-state index in [1.54, 1.807) is 0 Å². The number of imidazole rings is 1. The maximum Gasteiger partial charge on any atom is 0.200 e. The van der Waals surface area contributed by atoms with Crippen LogP contribution in [-0.2, 0) is 5.41 Å². The lowest BCUT2D eigenvalue weighted by atomic mass is 9.88. The molecule has 0 atom stereocenters. The first-order chi connectivity index (χ1) is 24.6. The maximum absolute atomic E-state index is 6.88. The first-order valence-electron chi connectivity index (χ1n) is 18.0. The van der Waals surface area contributed by atoms with Crippen molar-refractivity contribution in [2.45, 2.75) is 65.7 Å². The number of hydrogen-bond donors (Lipinski definition) is 0. The van der Waals surface area contributed by atoms with Crippen LogP contribution < -0.4 is 0 Å². The summed E-state index contributed by atoms with van der Waals surface area (Å²) in [5.74, 6) is 2.15. The fraction of sp³-hybridized carbons (Fsp3) is 0.217. The average molecular weight is 668 g/mol. The van der Waals surface area contributed by atoms with Crippen LogP contribution in [0.4, 0.5) is 0 Å². The van der Waals surface area contributed by atoms with Crippen LogP contribution in [0, 0.1) is 0 Å². The van der Waals surface area contributed by atoms with Crippen molar-refractivity contribution in [3.63, 3.8) is 0 Å². The molecule has 0 saturated carbocycles. The fourth-order valence-corrected chi connectivity index (χ4v) is 7.55. The lowest BCUT2D eigenvalue weighted by Gasteiger charge is -2.24. The molecule has 9 rings (SSSR count). The summed E-state index contributed by atoms with van der Waals surface area (Å²) in [7, 11) is 0. The minimum absolute atomic E-state index is 0.193. The van der Waals surface area contributed by atoms with Gasteiger partial charge in [0, 0.05) is 21.6 Å². The molecule has 3 heterocycles. The van der Waals surface area contributed by atoms with Crippen LogP contribution in [0.2, 0.25) is 0 Å². The Hall–Kier alpha value is -5.68. The van der Waals surface area contributed by atoms with Gasteiger partial charge in [-0.05, 0) is 88.0 Å². The molecule has 0 radical (unpaired) electrons. The Morgan fingerprint density at radius 3 is 2.06 bits per heavy atom. The molecule has 0 amide bonds. The van der Waals surface area contributed by atoms with Gasteiger partial charge in [0.05, 0.1) is 22.3 Å². The van der Waals surface area contributed by atoms with Gasteiger partial charge in [0.2, 0.25) is 5.89 Å². The molecule has 3 aromatic heterocycles. The van der Waals surface area contributed by atoms with Crippen LogP contribution in [0.3, 0.4) is 0 Å². The van der Waals surface area contributed by atoms with Crippen LogP contribution in [0.5, 0.6) is 0 Å². The van der Waals surface area contributed by atoms with Crippen molar-refractivity contribution in [1.82, 2.24) is 14.5 Å². The van der Waals surface area contributed by atoms with Crippen molar-refractivity contribution in [2.75, 3.05) is 0 Å². The molecule has 6 aromatic carbocycles. The van der Waals surface area contributed by atoms with E-state index in [-0.39, 0.29) is 17.3 Å². The summed E-state index contributed by atoms with van der Waals surface area (Å²) in [6.45, 7) is 15.5. The van der Waals surface area contributed by atoms with Gasteiger partial charge < -0.3 is 8.83 Å². The van der Waals surface area contributed by atoms with E-state index in [4.69, 9.17) is 18.8 Å². The Bertz CT molecular complexity index is 2760. The SMILES string of the molecule is CC(C)c1cc(-c2ccccc2)cc(C(C)C)c1-n1c(-c2cccc3c2oc2cc4c(ccc5oc(C(C)(C)C)nc54)cc23)nc2ccccc21. The number of benzene rings is 6. The largest absolute Gasteiger partial charge is 0.455 e. The average Bonchev–Trinajstić information content (AvgIpc) is 3.84. The van der Waals surface area contributed by atoms with Crippen molar-refractivity contribution >= 4 is 54.8 Å². The summed E-state index contributed by atoms with van der Waals surface area (Å²) in [4.78, 5) is 10.3. The van der Waals surface area contributed by atoms with Gasteiger partial charge in [0.15, 0.2) is 5.58 Å². The third-order valence-electron chi connectivity index (χ3n) is 10.2. The minimum atomic E-state index is -0.193. The zero-order chi connectivity index (χ0) is 35.2. The standard InChI is InChI=1S/C46H41N3O2/c1-26(2)33-23-30(28-14-9-8-10-15-28)24-34(27(3)4)42(33)49-38-19-12-11-18-37(38)47-44(49)32-17-13-16-31-36-22-29-20-21-39-41(48-45(51-39)46(5,6)7)35(29)25-40(36)50-43(31)32/h8-27H,1-7H3. The summed E-state index contributed by atoms with van der Waals surface area (Å²) in [5, 5.41) is 4.25. The molecule has 5 heteroatoms. The smallest absolute Gasteiger partial charge is 0.200 e. The lowest BCUT2D eigenvalue weighted by Crippen LogP contribution is -2.10. The van der Waals surface area contributed by atoms with Crippen LogP contribution in [0.15, 0.2) is 118 Å². The lowest BCUT2D eigenvalue weighted by molar-refractivity contribution is 0.411. The van der Waals surface area contributed by atoms with Gasteiger partial charge in [-0.15, -0.1) is 0 Å². The molecule has 51 heavy (non-hydrogen) atoms. The predicted molar refractivity (Wildman–Crippen MR) is 211 cm³/mol. The number of aromatic nitrogens is 3. The van der Waals surface area contributed by atoms with Gasteiger partial charge in [-0.3, -0.25) is 4.57 Å². The summed E-state index contributed by atoms with van der Waals surface area (Å²) in [5.41, 5.74) is 12.3. The molecule has 0 fully saturated rings. The molecule has 252 valence electrons. The van der Waals surface area contributed by atoms with Gasteiger partial charge in [0.25, 0.3) is 0 Å². The minimum Gasteiger partial charge on any atom is -0.455 e. The van der Waals surface area contributed by atoms with Crippen LogP contribution >= 0.6 is 0 Å². The number of rotatable bonds is 5. The summed E-state index contributed by atoms with van der Waals surface area (Å²) in [6.07, 6.45) is 0. The predicted octanol–water partition coefficient (Wildman–Crippen LogP) is 13.1. The van der Waals surface area contributed by atoms with E-state index in [0.717, 1.165) is 72.1 Å². The molecule has 9 aromatic rings. The Balaban J connectivity index is 1.33. The highest BCUT2D eigenvalue weighted by atomic mass is 16.3. The summed E-state index contributed by atoms with van der Waals surface area (Å²) >= 11 is 0. The van der Waals surface area contributed by atoms with Gasteiger partial charge in [-0.2, -0.15) is 0 Å². The Kier molecular flexibility index (Phi) is 7.01. The number of furan rings is 1. The quantitative estimate of drug-likeness (QED) is 0.183. The van der Waals surface area contributed by atoms with Crippen molar-refractivity contribution in [3.05, 3.63) is 126 Å². The summed E-state index contributed by atoms with van der Waals surface area (Å²) in [6, 6.07) is 38.9. The molecule has 0 aliphatic rings. The third kappa shape index (κ3) is 4.97. The monoisotopic (exact) mass is 667 g/mol. The molecule has 0 aliphatic carbocycles. The number of hydrogen-bond acceptors (Lipinski definition) is 4. The highest BCUT2D eigenvalue weighted by Gasteiger charge is 2.26. The normalized spacial score (nSPS) is 12.6. The topological polar surface area (TPSA) is 57.0 Å². The van der Waals surface area contributed by atoms with Gasteiger partial charge in [0.1, 0.15) is 22.5 Å². The molecule has 0 aliphatic heterocycles. The number of nitrogens with zero attached hydrogens (tertiary/aromatic N) is 3. The van der Waals surface area contributed by atoms with E-state index in [1.165, 1.54) is 27.9 Å². The zero-order valence-electron chi connectivity index (χ0n) is 30.2. The molecular weight excluding hydrogens is 627 g/mol. The Labute approximate surface area is 297 Å². The Morgan fingerprint density at radius 2 is 1.33 bits per heavy atom. The highest BCUT2D eigenvalue weighted by Crippen LogP contribution is 2.43. The van der Waals surface area contributed by atoms with E-state index in [9.17, 15) is 0 Å². The van der Waals surface area contributed by atoms with E-state index in [0.29, 0.717) is 0 Å². The van der Waals surface area contributed by atoms with E-state index < -0.39 is 0 Å². The van der Waals surface area contributed by atoms with Crippen molar-refractivity contribution in [1.29, 1.82) is 0 Å². The fourth-order valence-electron chi connectivity index (χ4n) is 7.55. The van der Waals surface area contributed by atoms with Crippen molar-refractivity contribution < 1.29 is 8.83 Å². The third-order valence-corrected chi connectivity index (χ3v) is 10.2. The number of para-hydroxylation sites is 3. The maximum atomic E-state index is 6.88. The van der Waals surface area contributed by atoms with Crippen molar-refractivity contribution in [3.8, 4) is 28.2 Å². The summed E-state index contributed by atoms with van der Waals surface area (Å²) < 4.78 is 15.5. The van der Waals surface area contributed by atoms with E-state index >= 15 is 0 Å². The molecular formula is C46H41N3O2. The van der Waals surface area contributed by atoms with Gasteiger partial charge in [-0.1, -0.05) is 109 Å².